The topological polar surface area (TPSA) is 104 Å². The highest BCUT2D eigenvalue weighted by Gasteiger charge is 2.43. The number of rotatable bonds is 5. The van der Waals surface area contributed by atoms with Crippen LogP contribution in [-0.2, 0) is 14.6 Å². The molecule has 8 heteroatoms. The molecule has 7 nitrogen and oxygen atoms in total. The lowest BCUT2D eigenvalue weighted by Gasteiger charge is -2.38. The first-order valence-electron chi connectivity index (χ1n) is 7.00. The van der Waals surface area contributed by atoms with Crippen molar-refractivity contribution in [1.82, 2.24) is 10.2 Å². The van der Waals surface area contributed by atoms with E-state index in [4.69, 9.17) is 0 Å². The fraction of sp³-hybridized carbons (Fsp3) is 0.846. The summed E-state index contributed by atoms with van der Waals surface area (Å²) in [5.74, 6) is -0.941. The molecule has 1 saturated carbocycles. The molecule has 0 heterocycles. The Morgan fingerprint density at radius 1 is 1.43 bits per heavy atom. The summed E-state index contributed by atoms with van der Waals surface area (Å²) in [6.45, 7) is 2.01. The highest BCUT2D eigenvalue weighted by molar-refractivity contribution is 7.90. The molecule has 1 fully saturated rings. The zero-order chi connectivity index (χ0) is 16.3. The molecule has 0 aromatic rings. The Kier molecular flexibility index (Phi) is 5.61. The first kappa shape index (κ1) is 17.7. The number of nitrogens with zero attached hydrogens (tertiary/aromatic N) is 1. The van der Waals surface area contributed by atoms with Crippen molar-refractivity contribution >= 4 is 21.8 Å². The summed E-state index contributed by atoms with van der Waals surface area (Å²) in [6.07, 6.45) is 3.60. The third-order valence-corrected chi connectivity index (χ3v) is 4.82. The van der Waals surface area contributed by atoms with Gasteiger partial charge in [0.2, 0.25) is 0 Å². The van der Waals surface area contributed by atoms with Crippen LogP contribution < -0.4 is 5.32 Å². The van der Waals surface area contributed by atoms with E-state index in [0.29, 0.717) is 12.8 Å². The summed E-state index contributed by atoms with van der Waals surface area (Å²) in [5.41, 5.74) is -1.24. The van der Waals surface area contributed by atoms with Gasteiger partial charge in [-0.1, -0.05) is 19.8 Å². The molecule has 2 atom stereocenters. The van der Waals surface area contributed by atoms with Gasteiger partial charge in [-0.2, -0.15) is 0 Å². The summed E-state index contributed by atoms with van der Waals surface area (Å²) >= 11 is 0. The summed E-state index contributed by atoms with van der Waals surface area (Å²) in [5, 5.41) is 12.1. The van der Waals surface area contributed by atoms with Crippen LogP contribution in [0.15, 0.2) is 0 Å². The molecular formula is C13H24N2O5S. The average molecular weight is 320 g/mol. The molecule has 2 amide bonds. The fourth-order valence-corrected chi connectivity index (χ4v) is 3.22. The average Bonchev–Trinajstić information content (AvgIpc) is 2.34. The van der Waals surface area contributed by atoms with Crippen LogP contribution in [0.25, 0.3) is 0 Å². The van der Waals surface area contributed by atoms with Crippen LogP contribution in [0.1, 0.15) is 32.6 Å². The lowest BCUT2D eigenvalue weighted by atomic mass is 9.76. The predicted molar refractivity (Wildman–Crippen MR) is 78.9 cm³/mol. The predicted octanol–water partition coefficient (Wildman–Crippen LogP) is 0.706. The van der Waals surface area contributed by atoms with Gasteiger partial charge in [0.15, 0.2) is 0 Å². The van der Waals surface area contributed by atoms with Gasteiger partial charge < -0.3 is 15.3 Å². The maximum absolute atomic E-state index is 12.1. The number of nitrogens with one attached hydrogen (secondary N) is 1. The lowest BCUT2D eigenvalue weighted by molar-refractivity contribution is -0.146. The van der Waals surface area contributed by atoms with E-state index in [1.165, 1.54) is 11.9 Å². The minimum absolute atomic E-state index is 0.0376. The Balaban J connectivity index is 2.71. The number of carboxylic acid groups (broad SMARTS) is 1. The molecule has 1 aliphatic rings. The van der Waals surface area contributed by atoms with Crippen LogP contribution in [0.3, 0.4) is 0 Å². The Morgan fingerprint density at radius 2 is 2.05 bits per heavy atom. The first-order valence-corrected chi connectivity index (χ1v) is 9.06. The maximum Gasteiger partial charge on any atom is 0.329 e. The molecule has 1 rings (SSSR count). The molecule has 0 aromatic heterocycles. The number of aliphatic carboxylic acids is 1. The summed E-state index contributed by atoms with van der Waals surface area (Å²) < 4.78 is 22.2. The van der Waals surface area contributed by atoms with Crippen molar-refractivity contribution in [2.24, 2.45) is 5.92 Å². The second kappa shape index (κ2) is 6.64. The summed E-state index contributed by atoms with van der Waals surface area (Å²) in [4.78, 5) is 24.9. The molecule has 1 aliphatic carbocycles. The standard InChI is InChI=1S/C13H24N2O5S/c1-10-5-4-6-13(9-10,11(16)17)14-12(18)15(2)7-8-21(3,19)20/h10H,4-9H2,1-3H3,(H,14,18)(H,16,17). The smallest absolute Gasteiger partial charge is 0.329 e. The molecule has 0 radical (unpaired) electrons. The summed E-state index contributed by atoms with van der Waals surface area (Å²) in [6, 6.07) is -0.546. The molecule has 0 spiro atoms. The van der Waals surface area contributed by atoms with Crippen LogP contribution in [0, 0.1) is 5.92 Å². The Bertz CT molecular complexity index is 505. The Labute approximate surface area is 125 Å². The summed E-state index contributed by atoms with van der Waals surface area (Å²) in [7, 11) is -1.70. The van der Waals surface area contributed by atoms with E-state index in [-0.39, 0.29) is 18.2 Å². The molecule has 0 saturated heterocycles. The SMILES string of the molecule is CC1CCCC(NC(=O)N(C)CCS(C)(=O)=O)(C(=O)O)C1. The second-order valence-electron chi connectivity index (χ2n) is 6.07. The van der Waals surface area contributed by atoms with Crippen LogP contribution in [0.5, 0.6) is 0 Å². The second-order valence-corrected chi connectivity index (χ2v) is 8.33. The molecule has 0 aromatic carbocycles. The number of urea groups is 1. The number of amides is 2. The molecule has 122 valence electrons. The van der Waals surface area contributed by atoms with E-state index in [1.54, 1.807) is 0 Å². The molecule has 2 N–H and O–H groups in total. The van der Waals surface area contributed by atoms with Gasteiger partial charge in [0.1, 0.15) is 15.4 Å². The van der Waals surface area contributed by atoms with Crippen LogP contribution in [0.4, 0.5) is 4.79 Å². The third-order valence-electron chi connectivity index (χ3n) is 3.90. The maximum atomic E-state index is 12.1. The van der Waals surface area contributed by atoms with E-state index < -0.39 is 27.4 Å². The van der Waals surface area contributed by atoms with Gasteiger partial charge in [-0.25, -0.2) is 18.0 Å². The molecule has 0 bridgehead atoms. The van der Waals surface area contributed by atoms with Crippen LogP contribution in [-0.4, -0.2) is 61.6 Å². The number of carboxylic acids is 1. The van der Waals surface area contributed by atoms with Crippen molar-refractivity contribution in [1.29, 1.82) is 0 Å². The monoisotopic (exact) mass is 320 g/mol. The van der Waals surface area contributed by atoms with Gasteiger partial charge in [-0.05, 0) is 18.8 Å². The highest BCUT2D eigenvalue weighted by Crippen LogP contribution is 2.32. The largest absolute Gasteiger partial charge is 0.480 e. The number of hydrogen-bond donors (Lipinski definition) is 2. The van der Waals surface area contributed by atoms with Crippen molar-refractivity contribution in [2.45, 2.75) is 38.1 Å². The zero-order valence-corrected chi connectivity index (χ0v) is 13.6. The van der Waals surface area contributed by atoms with Crippen molar-refractivity contribution in [3.63, 3.8) is 0 Å². The van der Waals surface area contributed by atoms with Gasteiger partial charge in [0.25, 0.3) is 0 Å². The highest BCUT2D eigenvalue weighted by atomic mass is 32.2. The number of hydrogen-bond acceptors (Lipinski definition) is 4. The molecule has 2 unspecified atom stereocenters. The normalized spacial score (nSPS) is 26.1. The number of sulfone groups is 1. The zero-order valence-electron chi connectivity index (χ0n) is 12.8. The number of carbonyl (C=O) groups is 2. The van der Waals surface area contributed by atoms with Crippen molar-refractivity contribution in [3.8, 4) is 0 Å². The third kappa shape index (κ3) is 5.18. The van der Waals surface area contributed by atoms with Gasteiger partial charge in [0.05, 0.1) is 5.75 Å². The quantitative estimate of drug-likeness (QED) is 0.776. The van der Waals surface area contributed by atoms with Crippen LogP contribution >= 0.6 is 0 Å². The minimum Gasteiger partial charge on any atom is -0.480 e. The first-order chi connectivity index (χ1) is 9.56. The van der Waals surface area contributed by atoms with Gasteiger partial charge in [-0.3, -0.25) is 0 Å². The van der Waals surface area contributed by atoms with Crippen molar-refractivity contribution in [2.75, 3.05) is 25.6 Å². The van der Waals surface area contributed by atoms with Gasteiger partial charge in [-0.15, -0.1) is 0 Å². The molecule has 21 heavy (non-hydrogen) atoms. The van der Waals surface area contributed by atoms with E-state index in [9.17, 15) is 23.1 Å². The van der Waals surface area contributed by atoms with Gasteiger partial charge >= 0.3 is 12.0 Å². The number of carbonyl (C=O) groups excluding carboxylic acids is 1. The van der Waals surface area contributed by atoms with Crippen molar-refractivity contribution in [3.05, 3.63) is 0 Å². The Hall–Kier alpha value is -1.31. The van der Waals surface area contributed by atoms with Crippen molar-refractivity contribution < 1.29 is 23.1 Å². The molecular weight excluding hydrogens is 296 g/mol. The van der Waals surface area contributed by atoms with E-state index in [1.807, 2.05) is 6.92 Å². The Morgan fingerprint density at radius 3 is 2.52 bits per heavy atom. The lowest BCUT2D eigenvalue weighted by Crippen LogP contribution is -2.59. The van der Waals surface area contributed by atoms with Gasteiger partial charge in [0, 0.05) is 19.8 Å². The van der Waals surface area contributed by atoms with Crippen LogP contribution in [0.2, 0.25) is 0 Å². The van der Waals surface area contributed by atoms with E-state index in [0.717, 1.165) is 19.1 Å². The van der Waals surface area contributed by atoms with E-state index >= 15 is 0 Å². The fourth-order valence-electron chi connectivity index (χ4n) is 2.62. The van der Waals surface area contributed by atoms with E-state index in [2.05, 4.69) is 5.32 Å². The molecule has 0 aliphatic heterocycles. The minimum atomic E-state index is -3.16.